The van der Waals surface area contributed by atoms with Gasteiger partial charge in [-0.15, -0.1) is 0 Å². The van der Waals surface area contributed by atoms with Crippen molar-refractivity contribution in [3.63, 3.8) is 0 Å². The second kappa shape index (κ2) is 5.71. The third-order valence-corrected chi connectivity index (χ3v) is 5.21. The fraction of sp³-hybridized carbons (Fsp3) is 0.462. The van der Waals surface area contributed by atoms with Crippen molar-refractivity contribution in [1.82, 2.24) is 5.32 Å². The van der Waals surface area contributed by atoms with E-state index in [0.29, 0.717) is 13.1 Å². The van der Waals surface area contributed by atoms with Crippen LogP contribution in [0, 0.1) is 0 Å². The molecule has 0 fully saturated rings. The summed E-state index contributed by atoms with van der Waals surface area (Å²) >= 11 is 0. The van der Waals surface area contributed by atoms with Gasteiger partial charge in [0, 0.05) is 19.3 Å². The number of nitrogens with one attached hydrogen (secondary N) is 1. The van der Waals surface area contributed by atoms with E-state index in [1.165, 1.54) is 12.3 Å². The van der Waals surface area contributed by atoms with Crippen LogP contribution in [0.3, 0.4) is 0 Å². The zero-order valence-electron chi connectivity index (χ0n) is 11.3. The fourth-order valence-corrected chi connectivity index (χ4v) is 1.82. The molecule has 5 nitrogen and oxygen atoms in total. The SMILES string of the molecule is CC(C)(CNCc1cccc(C(=O)O)c1)S(C)(=O)=O. The molecule has 0 heterocycles. The number of aromatic carboxylic acids is 1. The number of carboxylic acid groups (broad SMARTS) is 1. The average Bonchev–Trinajstić information content (AvgIpc) is 2.27. The molecule has 0 aliphatic rings. The van der Waals surface area contributed by atoms with Gasteiger partial charge in [-0.3, -0.25) is 0 Å². The van der Waals surface area contributed by atoms with E-state index in [9.17, 15) is 13.2 Å². The molecule has 19 heavy (non-hydrogen) atoms. The second-order valence-electron chi connectivity index (χ2n) is 5.14. The Morgan fingerprint density at radius 2 is 2.00 bits per heavy atom. The van der Waals surface area contributed by atoms with E-state index in [-0.39, 0.29) is 5.56 Å². The first kappa shape index (κ1) is 15.7. The van der Waals surface area contributed by atoms with E-state index in [1.807, 2.05) is 0 Å². The summed E-state index contributed by atoms with van der Waals surface area (Å²) in [6.07, 6.45) is 1.21. The molecule has 106 valence electrons. The van der Waals surface area contributed by atoms with Gasteiger partial charge in [0.25, 0.3) is 0 Å². The maximum atomic E-state index is 11.5. The Hall–Kier alpha value is -1.40. The number of carbonyl (C=O) groups is 1. The van der Waals surface area contributed by atoms with E-state index in [2.05, 4.69) is 5.32 Å². The van der Waals surface area contributed by atoms with Crippen LogP contribution in [0.15, 0.2) is 24.3 Å². The largest absolute Gasteiger partial charge is 0.478 e. The summed E-state index contributed by atoms with van der Waals surface area (Å²) in [6, 6.07) is 6.56. The monoisotopic (exact) mass is 285 g/mol. The molecular weight excluding hydrogens is 266 g/mol. The van der Waals surface area contributed by atoms with Crippen LogP contribution in [-0.4, -0.2) is 37.0 Å². The molecule has 6 heteroatoms. The van der Waals surface area contributed by atoms with E-state index < -0.39 is 20.6 Å². The molecule has 0 aliphatic heterocycles. The average molecular weight is 285 g/mol. The number of rotatable bonds is 6. The topological polar surface area (TPSA) is 83.5 Å². The Morgan fingerprint density at radius 3 is 2.53 bits per heavy atom. The highest BCUT2D eigenvalue weighted by molar-refractivity contribution is 7.92. The smallest absolute Gasteiger partial charge is 0.335 e. The van der Waals surface area contributed by atoms with Crippen molar-refractivity contribution in [2.24, 2.45) is 0 Å². The van der Waals surface area contributed by atoms with Crippen molar-refractivity contribution in [3.05, 3.63) is 35.4 Å². The van der Waals surface area contributed by atoms with Gasteiger partial charge in [-0.25, -0.2) is 13.2 Å². The maximum absolute atomic E-state index is 11.5. The van der Waals surface area contributed by atoms with Gasteiger partial charge < -0.3 is 10.4 Å². The normalized spacial score (nSPS) is 12.4. The highest BCUT2D eigenvalue weighted by Gasteiger charge is 2.29. The van der Waals surface area contributed by atoms with Crippen molar-refractivity contribution >= 4 is 15.8 Å². The van der Waals surface area contributed by atoms with E-state index >= 15 is 0 Å². The molecule has 0 amide bonds. The lowest BCUT2D eigenvalue weighted by molar-refractivity contribution is 0.0696. The van der Waals surface area contributed by atoms with Crippen LogP contribution < -0.4 is 5.32 Å². The molecule has 0 aliphatic carbocycles. The third kappa shape index (κ3) is 4.33. The molecular formula is C13H19NO4S. The van der Waals surface area contributed by atoms with Crippen molar-refractivity contribution < 1.29 is 18.3 Å². The van der Waals surface area contributed by atoms with Gasteiger partial charge in [-0.2, -0.15) is 0 Å². The molecule has 0 radical (unpaired) electrons. The number of hydrogen-bond acceptors (Lipinski definition) is 4. The van der Waals surface area contributed by atoms with E-state index in [0.717, 1.165) is 5.56 Å². The Kier molecular flexibility index (Phi) is 4.70. The molecule has 0 bridgehead atoms. The van der Waals surface area contributed by atoms with Crippen LogP contribution in [0.2, 0.25) is 0 Å². The van der Waals surface area contributed by atoms with Gasteiger partial charge in [0.15, 0.2) is 9.84 Å². The molecule has 1 aromatic carbocycles. The van der Waals surface area contributed by atoms with Gasteiger partial charge in [-0.1, -0.05) is 12.1 Å². The van der Waals surface area contributed by atoms with Crippen LogP contribution >= 0.6 is 0 Å². The quantitative estimate of drug-likeness (QED) is 0.823. The molecule has 0 atom stereocenters. The standard InChI is InChI=1S/C13H19NO4S/c1-13(2,19(3,17)18)9-14-8-10-5-4-6-11(7-10)12(15)16/h4-7,14H,8-9H2,1-3H3,(H,15,16). The molecule has 0 spiro atoms. The zero-order valence-corrected chi connectivity index (χ0v) is 12.1. The second-order valence-corrected chi connectivity index (χ2v) is 7.79. The minimum Gasteiger partial charge on any atom is -0.478 e. The van der Waals surface area contributed by atoms with E-state index in [1.54, 1.807) is 32.0 Å². The molecule has 0 saturated heterocycles. The highest BCUT2D eigenvalue weighted by atomic mass is 32.2. The number of carboxylic acids is 1. The van der Waals surface area contributed by atoms with Crippen molar-refractivity contribution in [1.29, 1.82) is 0 Å². The van der Waals surface area contributed by atoms with Crippen LogP contribution in [0.5, 0.6) is 0 Å². The lowest BCUT2D eigenvalue weighted by Crippen LogP contribution is -2.41. The molecule has 1 aromatic rings. The molecule has 0 unspecified atom stereocenters. The minimum absolute atomic E-state index is 0.224. The zero-order chi connectivity index (χ0) is 14.7. The lowest BCUT2D eigenvalue weighted by Gasteiger charge is -2.22. The summed E-state index contributed by atoms with van der Waals surface area (Å²) < 4.78 is 22.2. The number of hydrogen-bond donors (Lipinski definition) is 2. The summed E-state index contributed by atoms with van der Waals surface area (Å²) in [5.41, 5.74) is 1.03. The maximum Gasteiger partial charge on any atom is 0.335 e. The summed E-state index contributed by atoms with van der Waals surface area (Å²) in [6.45, 7) is 4.05. The highest BCUT2D eigenvalue weighted by Crippen LogP contribution is 2.14. The van der Waals surface area contributed by atoms with Crippen LogP contribution in [0.4, 0.5) is 0 Å². The minimum atomic E-state index is -3.14. The van der Waals surface area contributed by atoms with Gasteiger partial charge >= 0.3 is 5.97 Å². The van der Waals surface area contributed by atoms with Gasteiger partial charge in [-0.05, 0) is 31.5 Å². The molecule has 2 N–H and O–H groups in total. The first-order valence-electron chi connectivity index (χ1n) is 5.86. The molecule has 1 rings (SSSR count). The summed E-state index contributed by atoms with van der Waals surface area (Å²) in [5, 5.41) is 11.9. The van der Waals surface area contributed by atoms with Gasteiger partial charge in [0.2, 0.25) is 0 Å². The molecule has 0 saturated carbocycles. The van der Waals surface area contributed by atoms with E-state index in [4.69, 9.17) is 5.11 Å². The van der Waals surface area contributed by atoms with Crippen LogP contribution in [0.25, 0.3) is 0 Å². The first-order valence-corrected chi connectivity index (χ1v) is 7.75. The van der Waals surface area contributed by atoms with Gasteiger partial charge in [0.1, 0.15) is 0 Å². The summed E-state index contributed by atoms with van der Waals surface area (Å²) in [5.74, 6) is -0.974. The lowest BCUT2D eigenvalue weighted by atomic mass is 10.1. The van der Waals surface area contributed by atoms with Crippen LogP contribution in [0.1, 0.15) is 29.8 Å². The predicted molar refractivity (Wildman–Crippen MR) is 74.0 cm³/mol. The number of sulfone groups is 1. The Bertz CT molecular complexity index is 564. The van der Waals surface area contributed by atoms with Crippen LogP contribution in [-0.2, 0) is 16.4 Å². The van der Waals surface area contributed by atoms with Crippen molar-refractivity contribution in [3.8, 4) is 0 Å². The molecule has 0 aromatic heterocycles. The first-order chi connectivity index (χ1) is 8.63. The van der Waals surface area contributed by atoms with Crippen molar-refractivity contribution in [2.45, 2.75) is 25.1 Å². The summed E-state index contributed by atoms with van der Waals surface area (Å²) in [4.78, 5) is 10.8. The number of benzene rings is 1. The Balaban J connectivity index is 2.64. The third-order valence-electron chi connectivity index (χ3n) is 3.06. The fourth-order valence-electron chi connectivity index (χ4n) is 1.45. The summed E-state index contributed by atoms with van der Waals surface area (Å²) in [7, 11) is -3.14. The van der Waals surface area contributed by atoms with Crippen molar-refractivity contribution in [2.75, 3.05) is 12.8 Å². The Labute approximate surface area is 113 Å². The predicted octanol–water partition coefficient (Wildman–Crippen LogP) is 1.30. The van der Waals surface area contributed by atoms with Gasteiger partial charge in [0.05, 0.1) is 10.3 Å². The Morgan fingerprint density at radius 1 is 1.37 bits per heavy atom.